The second-order valence-corrected chi connectivity index (χ2v) is 7.28. The number of hydrogen-bond acceptors (Lipinski definition) is 2. The van der Waals surface area contributed by atoms with Gasteiger partial charge in [0.05, 0.1) is 7.05 Å². The van der Waals surface area contributed by atoms with Crippen molar-refractivity contribution in [3.05, 3.63) is 58.9 Å². The second-order valence-electron chi connectivity index (χ2n) is 7.28. The van der Waals surface area contributed by atoms with Crippen LogP contribution in [0.15, 0.2) is 36.7 Å². The minimum absolute atomic E-state index is 0.279. The van der Waals surface area contributed by atoms with Crippen LogP contribution in [0.5, 0.6) is 5.75 Å². The van der Waals surface area contributed by atoms with E-state index in [1.54, 1.807) is 0 Å². The number of hydrogen-bond donors (Lipinski definition) is 1. The fourth-order valence-electron chi connectivity index (χ4n) is 3.36. The van der Waals surface area contributed by atoms with Crippen LogP contribution in [0.3, 0.4) is 0 Å². The summed E-state index contributed by atoms with van der Waals surface area (Å²) in [6, 6.07) is 10.6. The van der Waals surface area contributed by atoms with E-state index < -0.39 is 6.10 Å². The van der Waals surface area contributed by atoms with Gasteiger partial charge in [-0.25, -0.2) is 9.13 Å². The number of rotatable bonds is 6. The van der Waals surface area contributed by atoms with Crippen LogP contribution >= 0.6 is 0 Å². The average Bonchev–Trinajstić information content (AvgIpc) is 2.88. The van der Waals surface area contributed by atoms with E-state index in [0.717, 1.165) is 17.7 Å². The Kier molecular flexibility index (Phi) is 5.33. The van der Waals surface area contributed by atoms with Gasteiger partial charge in [-0.1, -0.05) is 13.0 Å². The summed E-state index contributed by atoms with van der Waals surface area (Å²) < 4.78 is 10.1. The zero-order valence-corrected chi connectivity index (χ0v) is 16.4. The third-order valence-corrected chi connectivity index (χ3v) is 4.96. The van der Waals surface area contributed by atoms with E-state index in [1.807, 2.05) is 19.4 Å². The van der Waals surface area contributed by atoms with Crippen molar-refractivity contribution in [1.29, 1.82) is 0 Å². The maximum absolute atomic E-state index is 10.5. The smallest absolute Gasteiger partial charge is 0.244 e. The number of nitrogens with zero attached hydrogens (tertiary/aromatic N) is 2. The van der Waals surface area contributed by atoms with Crippen LogP contribution in [0.25, 0.3) is 11.0 Å². The molecule has 0 aliphatic heterocycles. The summed E-state index contributed by atoms with van der Waals surface area (Å²) in [5.41, 5.74) is 7.29. The number of aryl methyl sites for hydroxylation is 5. The molecular formula is C22H29N2O2+. The summed E-state index contributed by atoms with van der Waals surface area (Å²) in [7, 11) is 2.04. The van der Waals surface area contributed by atoms with Crippen molar-refractivity contribution >= 4 is 11.0 Å². The fourth-order valence-corrected chi connectivity index (χ4v) is 3.36. The van der Waals surface area contributed by atoms with Gasteiger partial charge < -0.3 is 9.84 Å². The predicted molar refractivity (Wildman–Crippen MR) is 105 cm³/mol. The van der Waals surface area contributed by atoms with Gasteiger partial charge in [0.25, 0.3) is 0 Å². The summed E-state index contributed by atoms with van der Waals surface area (Å²) in [5.74, 6) is 0.829. The standard InChI is InChI=1S/C22H29N2O2/c1-6-18-7-15(2)8-20(11-18)26-13-19(25)12-24-14-23(5)21-9-16(3)17(4)10-22(21)24/h7-11,14,19,25H,6,12-13H2,1-5H3/q+1. The molecule has 0 fully saturated rings. The zero-order chi connectivity index (χ0) is 18.8. The number of benzene rings is 2. The van der Waals surface area contributed by atoms with Crippen molar-refractivity contribution in [1.82, 2.24) is 4.57 Å². The molecule has 0 saturated carbocycles. The summed E-state index contributed by atoms with van der Waals surface area (Å²) in [4.78, 5) is 0. The number of imidazole rings is 1. The van der Waals surface area contributed by atoms with Crippen molar-refractivity contribution < 1.29 is 14.4 Å². The molecule has 4 nitrogen and oxygen atoms in total. The van der Waals surface area contributed by atoms with Gasteiger partial charge in [0, 0.05) is 0 Å². The van der Waals surface area contributed by atoms with E-state index in [9.17, 15) is 5.11 Å². The Labute approximate surface area is 155 Å². The molecule has 1 atom stereocenters. The summed E-state index contributed by atoms with van der Waals surface area (Å²) >= 11 is 0. The van der Waals surface area contributed by atoms with Gasteiger partial charge >= 0.3 is 0 Å². The lowest BCUT2D eigenvalue weighted by molar-refractivity contribution is -0.645. The molecule has 0 radical (unpaired) electrons. The molecule has 0 spiro atoms. The van der Waals surface area contributed by atoms with Crippen LogP contribution in [-0.2, 0) is 20.0 Å². The van der Waals surface area contributed by atoms with E-state index in [2.05, 4.69) is 61.1 Å². The minimum atomic E-state index is -0.571. The third-order valence-electron chi connectivity index (χ3n) is 4.96. The van der Waals surface area contributed by atoms with Gasteiger partial charge in [0.15, 0.2) is 11.0 Å². The molecule has 0 bridgehead atoms. The fraction of sp³-hybridized carbons (Fsp3) is 0.409. The second kappa shape index (κ2) is 7.50. The zero-order valence-electron chi connectivity index (χ0n) is 16.4. The molecule has 1 heterocycles. The summed E-state index contributed by atoms with van der Waals surface area (Å²) in [6.07, 6.45) is 2.44. The highest BCUT2D eigenvalue weighted by Crippen LogP contribution is 2.19. The van der Waals surface area contributed by atoms with E-state index in [-0.39, 0.29) is 6.61 Å². The van der Waals surface area contributed by atoms with Gasteiger partial charge in [-0.15, -0.1) is 0 Å². The van der Waals surface area contributed by atoms with Crippen LogP contribution in [0, 0.1) is 20.8 Å². The van der Waals surface area contributed by atoms with Crippen molar-refractivity contribution in [3.63, 3.8) is 0 Å². The normalized spacial score (nSPS) is 12.5. The highest BCUT2D eigenvalue weighted by Gasteiger charge is 2.18. The first-order valence-corrected chi connectivity index (χ1v) is 9.24. The Morgan fingerprint density at radius 2 is 1.81 bits per heavy atom. The van der Waals surface area contributed by atoms with Crippen molar-refractivity contribution in [2.45, 2.75) is 46.8 Å². The Hall–Kier alpha value is -2.33. The van der Waals surface area contributed by atoms with Crippen LogP contribution in [-0.4, -0.2) is 22.4 Å². The summed E-state index contributed by atoms with van der Waals surface area (Å²) in [6.45, 7) is 9.23. The molecule has 0 saturated heterocycles. The van der Waals surface area contributed by atoms with E-state index in [1.165, 1.54) is 27.8 Å². The van der Waals surface area contributed by atoms with E-state index in [0.29, 0.717) is 6.54 Å². The summed E-state index contributed by atoms with van der Waals surface area (Å²) in [5, 5.41) is 10.5. The molecule has 3 rings (SSSR count). The SMILES string of the molecule is CCc1cc(C)cc(OCC(O)Cn2c[n+](C)c3cc(C)c(C)cc32)c1. The maximum atomic E-state index is 10.5. The molecule has 0 aliphatic rings. The van der Waals surface area contributed by atoms with Gasteiger partial charge in [0.1, 0.15) is 25.0 Å². The minimum Gasteiger partial charge on any atom is -0.491 e. The Morgan fingerprint density at radius 1 is 1.08 bits per heavy atom. The van der Waals surface area contributed by atoms with Crippen molar-refractivity contribution in [3.8, 4) is 5.75 Å². The quantitative estimate of drug-likeness (QED) is 0.690. The molecule has 0 aliphatic carbocycles. The lowest BCUT2D eigenvalue weighted by Crippen LogP contribution is -2.27. The first kappa shape index (κ1) is 18.5. The Balaban J connectivity index is 1.72. The molecular weight excluding hydrogens is 324 g/mol. The lowest BCUT2D eigenvalue weighted by Gasteiger charge is -2.12. The van der Waals surface area contributed by atoms with E-state index >= 15 is 0 Å². The van der Waals surface area contributed by atoms with Gasteiger partial charge in [-0.2, -0.15) is 0 Å². The molecule has 1 aromatic heterocycles. The molecule has 26 heavy (non-hydrogen) atoms. The lowest BCUT2D eigenvalue weighted by atomic mass is 10.1. The first-order valence-electron chi connectivity index (χ1n) is 9.24. The number of aliphatic hydroxyl groups is 1. The highest BCUT2D eigenvalue weighted by molar-refractivity contribution is 5.74. The highest BCUT2D eigenvalue weighted by atomic mass is 16.5. The number of aliphatic hydroxyl groups excluding tert-OH is 1. The number of aromatic nitrogens is 2. The molecule has 0 amide bonds. The topological polar surface area (TPSA) is 38.3 Å². The number of ether oxygens (including phenoxy) is 1. The molecule has 1 unspecified atom stereocenters. The Bertz CT molecular complexity index is 928. The van der Waals surface area contributed by atoms with Crippen LogP contribution < -0.4 is 9.30 Å². The first-order chi connectivity index (χ1) is 12.4. The van der Waals surface area contributed by atoms with Crippen LogP contribution in [0.1, 0.15) is 29.2 Å². The molecule has 138 valence electrons. The predicted octanol–water partition coefficient (Wildman–Crippen LogP) is 3.39. The van der Waals surface area contributed by atoms with Gasteiger partial charge in [-0.3, -0.25) is 0 Å². The monoisotopic (exact) mass is 353 g/mol. The molecule has 2 aromatic carbocycles. The van der Waals surface area contributed by atoms with Gasteiger partial charge in [0.2, 0.25) is 6.33 Å². The molecule has 4 heteroatoms. The average molecular weight is 353 g/mol. The van der Waals surface area contributed by atoms with Crippen molar-refractivity contribution in [2.75, 3.05) is 6.61 Å². The van der Waals surface area contributed by atoms with Crippen LogP contribution in [0.4, 0.5) is 0 Å². The molecule has 3 aromatic rings. The Morgan fingerprint density at radius 3 is 2.54 bits per heavy atom. The van der Waals surface area contributed by atoms with E-state index in [4.69, 9.17) is 4.74 Å². The van der Waals surface area contributed by atoms with Gasteiger partial charge in [-0.05, 0) is 73.7 Å². The number of fused-ring (bicyclic) bond motifs is 1. The van der Waals surface area contributed by atoms with Crippen LogP contribution in [0.2, 0.25) is 0 Å². The molecule has 1 N–H and O–H groups in total. The maximum Gasteiger partial charge on any atom is 0.244 e. The largest absolute Gasteiger partial charge is 0.491 e. The third kappa shape index (κ3) is 3.91. The van der Waals surface area contributed by atoms with Crippen molar-refractivity contribution in [2.24, 2.45) is 7.05 Å².